The molecule has 0 spiro atoms. The van der Waals surface area contributed by atoms with E-state index in [0.29, 0.717) is 57.3 Å². The van der Waals surface area contributed by atoms with Crippen molar-refractivity contribution >= 4 is 24.2 Å². The lowest BCUT2D eigenvalue weighted by Gasteiger charge is -2.37. The van der Waals surface area contributed by atoms with Gasteiger partial charge in [-0.05, 0) is 19.9 Å². The molecule has 1 N–H and O–H groups in total. The van der Waals surface area contributed by atoms with Gasteiger partial charge in [0.1, 0.15) is 17.6 Å². The number of halogens is 1. The average Bonchev–Trinajstić information content (AvgIpc) is 2.93. The second-order valence-corrected chi connectivity index (χ2v) is 6.03. The topological polar surface area (TPSA) is 75.0 Å². The molecule has 0 aromatic carbocycles. The molecule has 3 heterocycles. The van der Waals surface area contributed by atoms with Crippen LogP contribution in [0.4, 0.5) is 0 Å². The van der Waals surface area contributed by atoms with Crippen molar-refractivity contribution in [2.75, 3.05) is 45.9 Å². The second kappa shape index (κ2) is 8.00. The van der Waals surface area contributed by atoms with Crippen molar-refractivity contribution in [3.63, 3.8) is 0 Å². The summed E-state index contributed by atoms with van der Waals surface area (Å²) >= 11 is 0. The minimum atomic E-state index is -0.259. The molecule has 2 saturated heterocycles. The maximum absolute atomic E-state index is 12.5. The van der Waals surface area contributed by atoms with Crippen LogP contribution in [0.25, 0.3) is 0 Å². The third kappa shape index (κ3) is 3.91. The van der Waals surface area contributed by atoms with E-state index in [9.17, 15) is 9.59 Å². The molecule has 24 heavy (non-hydrogen) atoms. The normalized spacial score (nSPS) is 21.3. The van der Waals surface area contributed by atoms with Crippen LogP contribution < -0.4 is 5.32 Å². The van der Waals surface area contributed by atoms with Gasteiger partial charge in [0.15, 0.2) is 0 Å². The van der Waals surface area contributed by atoms with Gasteiger partial charge in [-0.25, -0.2) is 0 Å². The van der Waals surface area contributed by atoms with Crippen LogP contribution in [-0.4, -0.2) is 73.6 Å². The number of hydrogen-bond donors (Lipinski definition) is 1. The molecule has 1 atom stereocenters. The molecule has 7 nitrogen and oxygen atoms in total. The fourth-order valence-corrected chi connectivity index (χ4v) is 3.09. The monoisotopic (exact) mass is 357 g/mol. The van der Waals surface area contributed by atoms with E-state index in [4.69, 9.17) is 9.15 Å². The van der Waals surface area contributed by atoms with Gasteiger partial charge in [-0.2, -0.15) is 0 Å². The van der Waals surface area contributed by atoms with Gasteiger partial charge in [-0.3, -0.25) is 9.59 Å². The molecule has 8 heteroatoms. The van der Waals surface area contributed by atoms with Crippen molar-refractivity contribution < 1.29 is 18.7 Å². The molecule has 1 aromatic heterocycles. The molecule has 0 radical (unpaired) electrons. The highest BCUT2D eigenvalue weighted by molar-refractivity contribution is 5.95. The Morgan fingerprint density at radius 2 is 1.83 bits per heavy atom. The van der Waals surface area contributed by atoms with Gasteiger partial charge >= 0.3 is 0 Å². The van der Waals surface area contributed by atoms with Crippen molar-refractivity contribution in [3.05, 3.63) is 23.2 Å². The fraction of sp³-hybridized carbons (Fsp3) is 0.625. The summed E-state index contributed by atoms with van der Waals surface area (Å²) in [5, 5.41) is 3.18. The van der Waals surface area contributed by atoms with Gasteiger partial charge < -0.3 is 24.3 Å². The quantitative estimate of drug-likeness (QED) is 0.838. The maximum atomic E-state index is 12.5. The summed E-state index contributed by atoms with van der Waals surface area (Å²) in [6.45, 7) is 7.60. The average molecular weight is 358 g/mol. The number of carbonyl (C=O) groups is 2. The number of morpholine rings is 1. The Labute approximate surface area is 147 Å². The molecule has 2 fully saturated rings. The first-order valence-electron chi connectivity index (χ1n) is 8.02. The molecule has 2 amide bonds. The number of hydrogen-bond acceptors (Lipinski definition) is 5. The third-order valence-electron chi connectivity index (χ3n) is 4.37. The lowest BCUT2D eigenvalue weighted by Crippen LogP contribution is -2.57. The van der Waals surface area contributed by atoms with Crippen LogP contribution in [0.2, 0.25) is 0 Å². The highest BCUT2D eigenvalue weighted by Gasteiger charge is 2.31. The number of nitrogens with zero attached hydrogens (tertiary/aromatic N) is 2. The second-order valence-electron chi connectivity index (χ2n) is 6.03. The van der Waals surface area contributed by atoms with Crippen LogP contribution in [-0.2, 0) is 9.53 Å². The molecule has 0 saturated carbocycles. The van der Waals surface area contributed by atoms with Gasteiger partial charge in [0.05, 0.1) is 18.8 Å². The molecular weight excluding hydrogens is 334 g/mol. The number of carbonyl (C=O) groups excluding carboxylic acids is 2. The van der Waals surface area contributed by atoms with E-state index in [1.807, 2.05) is 11.8 Å². The Bertz CT molecular complexity index is 590. The number of nitrogens with one attached hydrogen (secondary N) is 1. The summed E-state index contributed by atoms with van der Waals surface area (Å²) in [5.74, 6) is 1.43. The van der Waals surface area contributed by atoms with Crippen molar-refractivity contribution in [2.45, 2.75) is 19.9 Å². The summed E-state index contributed by atoms with van der Waals surface area (Å²) in [5.41, 5.74) is 0.615. The Balaban J connectivity index is 0.00000208. The van der Waals surface area contributed by atoms with Crippen molar-refractivity contribution in [2.24, 2.45) is 0 Å². The highest BCUT2D eigenvalue weighted by atomic mass is 35.5. The molecule has 0 bridgehead atoms. The molecule has 134 valence electrons. The van der Waals surface area contributed by atoms with Crippen LogP contribution in [0.1, 0.15) is 21.9 Å². The minimum absolute atomic E-state index is 0. The molecule has 1 unspecified atom stereocenters. The largest absolute Gasteiger partial charge is 0.466 e. The smallest absolute Gasteiger partial charge is 0.257 e. The standard InChI is InChI=1S/C16H23N3O4.ClH/c1-11-9-13(12(2)23-11)15(20)18-4-6-19(7-5-18)16(21)14-10-22-8-3-17-14;/h9,14,17H,3-8,10H2,1-2H3;1H. The zero-order valence-electron chi connectivity index (χ0n) is 14.0. The van der Waals surface area contributed by atoms with Crippen LogP contribution in [0.15, 0.2) is 10.5 Å². The Morgan fingerprint density at radius 3 is 2.38 bits per heavy atom. The molecule has 2 aliphatic rings. The van der Waals surface area contributed by atoms with Crippen LogP contribution in [0.3, 0.4) is 0 Å². The predicted molar refractivity (Wildman–Crippen MR) is 90.5 cm³/mol. The van der Waals surface area contributed by atoms with Crippen molar-refractivity contribution in [1.82, 2.24) is 15.1 Å². The summed E-state index contributed by atoms with van der Waals surface area (Å²) in [6.07, 6.45) is 0. The first kappa shape index (κ1) is 18.8. The van der Waals surface area contributed by atoms with E-state index in [1.54, 1.807) is 17.9 Å². The van der Waals surface area contributed by atoms with Gasteiger partial charge in [0, 0.05) is 32.7 Å². The SMILES string of the molecule is Cc1cc(C(=O)N2CCN(C(=O)C3COCCN3)CC2)c(C)o1.Cl. The van der Waals surface area contributed by atoms with Crippen molar-refractivity contribution in [1.29, 1.82) is 0 Å². The van der Waals surface area contributed by atoms with Crippen molar-refractivity contribution in [3.8, 4) is 0 Å². The number of furan rings is 1. The third-order valence-corrected chi connectivity index (χ3v) is 4.37. The number of ether oxygens (including phenoxy) is 1. The van der Waals surface area contributed by atoms with Crippen LogP contribution >= 0.6 is 12.4 Å². The Hall–Kier alpha value is -1.57. The molecule has 0 aliphatic carbocycles. The van der Waals surface area contributed by atoms with E-state index in [-0.39, 0.29) is 30.3 Å². The first-order chi connectivity index (χ1) is 11.1. The van der Waals surface area contributed by atoms with E-state index in [1.165, 1.54) is 0 Å². The van der Waals surface area contributed by atoms with E-state index in [0.717, 1.165) is 5.76 Å². The van der Waals surface area contributed by atoms with Crippen LogP contribution in [0, 0.1) is 13.8 Å². The maximum Gasteiger partial charge on any atom is 0.257 e. The van der Waals surface area contributed by atoms with Gasteiger partial charge in [-0.1, -0.05) is 0 Å². The fourth-order valence-electron chi connectivity index (χ4n) is 3.09. The van der Waals surface area contributed by atoms with Crippen LogP contribution in [0.5, 0.6) is 0 Å². The Morgan fingerprint density at radius 1 is 1.17 bits per heavy atom. The zero-order valence-corrected chi connectivity index (χ0v) is 14.9. The minimum Gasteiger partial charge on any atom is -0.466 e. The molecule has 2 aliphatic heterocycles. The lowest BCUT2D eigenvalue weighted by molar-refractivity contribution is -0.137. The van der Waals surface area contributed by atoms with Gasteiger partial charge in [0.2, 0.25) is 5.91 Å². The molecular formula is C16H24ClN3O4. The number of amides is 2. The first-order valence-corrected chi connectivity index (χ1v) is 8.02. The summed E-state index contributed by atoms with van der Waals surface area (Å²) < 4.78 is 10.8. The summed E-state index contributed by atoms with van der Waals surface area (Å²) in [6, 6.07) is 1.52. The number of aryl methyl sites for hydroxylation is 2. The lowest BCUT2D eigenvalue weighted by atomic mass is 10.1. The summed E-state index contributed by atoms with van der Waals surface area (Å²) in [4.78, 5) is 28.6. The van der Waals surface area contributed by atoms with Gasteiger partial charge in [0.25, 0.3) is 5.91 Å². The molecule has 3 rings (SSSR count). The Kier molecular flexibility index (Phi) is 6.26. The van der Waals surface area contributed by atoms with E-state index >= 15 is 0 Å². The predicted octanol–water partition coefficient (Wildman–Crippen LogP) is 0.591. The number of piperazine rings is 1. The number of rotatable bonds is 2. The van der Waals surface area contributed by atoms with E-state index in [2.05, 4.69) is 5.32 Å². The molecule has 1 aromatic rings. The van der Waals surface area contributed by atoms with Gasteiger partial charge in [-0.15, -0.1) is 12.4 Å². The highest BCUT2D eigenvalue weighted by Crippen LogP contribution is 2.17. The summed E-state index contributed by atoms with van der Waals surface area (Å²) in [7, 11) is 0. The zero-order chi connectivity index (χ0) is 16.4. The van der Waals surface area contributed by atoms with E-state index < -0.39 is 0 Å².